The predicted octanol–water partition coefficient (Wildman–Crippen LogP) is 4.66. The molecule has 1 atom stereocenters. The molecule has 1 aromatic heterocycles. The van der Waals surface area contributed by atoms with E-state index in [9.17, 15) is 9.18 Å². The van der Waals surface area contributed by atoms with Gasteiger partial charge in [0.2, 0.25) is 17.0 Å². The van der Waals surface area contributed by atoms with Gasteiger partial charge in [-0.05, 0) is 37.1 Å². The quantitative estimate of drug-likeness (QED) is 0.351. The molecule has 1 aliphatic heterocycles. The largest absolute Gasteiger partial charge is 0.489 e. The van der Waals surface area contributed by atoms with Gasteiger partial charge in [0.25, 0.3) is 0 Å². The van der Waals surface area contributed by atoms with E-state index in [2.05, 4.69) is 22.3 Å². The number of carbonyl (C=O) groups excluding carboxylic acids is 1. The molecule has 1 aliphatic rings. The Morgan fingerprint density at radius 1 is 1.24 bits per heavy atom. The highest BCUT2D eigenvalue weighted by Gasteiger charge is 2.33. The molecule has 3 N–H and O–H groups in total. The van der Waals surface area contributed by atoms with Crippen molar-refractivity contribution in [1.29, 1.82) is 0 Å². The fraction of sp³-hybridized carbons (Fsp3) is 0.292. The first-order valence-electron chi connectivity index (χ1n) is 10.8. The Morgan fingerprint density at radius 2 is 2.00 bits per heavy atom. The van der Waals surface area contributed by atoms with Crippen molar-refractivity contribution in [3.63, 3.8) is 0 Å². The number of ether oxygens (including phenoxy) is 1. The van der Waals surface area contributed by atoms with Gasteiger partial charge in [-0.1, -0.05) is 55.4 Å². The number of primary amides is 1. The number of nitrogens with two attached hydrogens (primary N) is 1. The lowest BCUT2D eigenvalue weighted by molar-refractivity contribution is -0.115. The van der Waals surface area contributed by atoms with E-state index in [1.54, 1.807) is 53.7 Å². The topological polar surface area (TPSA) is 95.1 Å². The van der Waals surface area contributed by atoms with Crippen LogP contribution < -0.4 is 15.8 Å². The van der Waals surface area contributed by atoms with Gasteiger partial charge in [0.1, 0.15) is 24.2 Å². The molecule has 2 aromatic carbocycles. The number of hydrogen-bond acceptors (Lipinski definition) is 6. The van der Waals surface area contributed by atoms with Gasteiger partial charge in [-0.3, -0.25) is 4.79 Å². The Balaban J connectivity index is 1.59. The average Bonchev–Trinajstić information content (AvgIpc) is 3.20. The molecule has 0 spiro atoms. The van der Waals surface area contributed by atoms with Crippen molar-refractivity contribution in [1.82, 2.24) is 14.8 Å². The lowest BCUT2D eigenvalue weighted by Crippen LogP contribution is -2.31. The standard InChI is InChI=1S/C24H26FN5O2S/c1-3-4-13-33-24-28-23-27-15(2)20(22(26)31)21(30(23)29-24)16-9-11-18(12-10-16)32-14-17-7-5-6-8-19(17)25/h5-12,21H,3-4,13-14H2,1-2H3,(H2,26,31)(H,27,28,29). The number of anilines is 1. The molecule has 0 saturated carbocycles. The van der Waals surface area contributed by atoms with Gasteiger partial charge in [0.15, 0.2) is 0 Å². The fourth-order valence-electron chi connectivity index (χ4n) is 3.65. The summed E-state index contributed by atoms with van der Waals surface area (Å²) in [6, 6.07) is 13.3. The minimum absolute atomic E-state index is 0.122. The molecular weight excluding hydrogens is 441 g/mol. The highest BCUT2D eigenvalue weighted by Crippen LogP contribution is 2.36. The maximum absolute atomic E-state index is 13.8. The maximum atomic E-state index is 13.8. The van der Waals surface area contributed by atoms with Crippen LogP contribution in [0, 0.1) is 5.82 Å². The SMILES string of the molecule is CCCCSc1nc2n(n1)C(c1ccc(OCc3ccccc3F)cc1)C(C(N)=O)=C(C)N2. The zero-order valence-electron chi connectivity index (χ0n) is 18.5. The van der Waals surface area contributed by atoms with E-state index in [0.717, 1.165) is 24.2 Å². The van der Waals surface area contributed by atoms with Gasteiger partial charge < -0.3 is 15.8 Å². The monoisotopic (exact) mass is 467 g/mol. The number of thioether (sulfide) groups is 1. The predicted molar refractivity (Wildman–Crippen MR) is 126 cm³/mol. The highest BCUT2D eigenvalue weighted by molar-refractivity contribution is 7.99. The number of nitrogens with one attached hydrogen (secondary N) is 1. The first-order valence-corrected chi connectivity index (χ1v) is 11.8. The molecule has 0 radical (unpaired) electrons. The van der Waals surface area contributed by atoms with Gasteiger partial charge in [0.05, 0.1) is 5.57 Å². The molecule has 3 aromatic rings. The number of hydrogen-bond donors (Lipinski definition) is 2. The van der Waals surface area contributed by atoms with Crippen molar-refractivity contribution in [3.8, 4) is 5.75 Å². The third-order valence-electron chi connectivity index (χ3n) is 5.38. The summed E-state index contributed by atoms with van der Waals surface area (Å²) in [7, 11) is 0. The minimum atomic E-state index is -0.522. The van der Waals surface area contributed by atoms with E-state index < -0.39 is 11.9 Å². The summed E-state index contributed by atoms with van der Waals surface area (Å²) in [5.41, 5.74) is 8.12. The number of nitrogens with zero attached hydrogens (tertiary/aromatic N) is 3. The Hall–Kier alpha value is -3.33. The molecule has 1 unspecified atom stereocenters. The molecule has 0 fully saturated rings. The smallest absolute Gasteiger partial charge is 0.248 e. The molecule has 1 amide bonds. The second-order valence-electron chi connectivity index (χ2n) is 7.74. The maximum Gasteiger partial charge on any atom is 0.248 e. The first kappa shape index (κ1) is 22.8. The number of rotatable bonds is 9. The van der Waals surface area contributed by atoms with Crippen LogP contribution >= 0.6 is 11.8 Å². The highest BCUT2D eigenvalue weighted by atomic mass is 32.2. The molecule has 7 nitrogen and oxygen atoms in total. The van der Waals surface area contributed by atoms with E-state index in [4.69, 9.17) is 10.5 Å². The third-order valence-corrected chi connectivity index (χ3v) is 6.30. The van der Waals surface area contributed by atoms with Crippen LogP contribution in [0.25, 0.3) is 0 Å². The van der Waals surface area contributed by atoms with Crippen LogP contribution in [0.3, 0.4) is 0 Å². The van der Waals surface area contributed by atoms with Crippen LogP contribution in [0.1, 0.15) is 43.9 Å². The molecule has 4 rings (SSSR count). The third kappa shape index (κ3) is 5.03. The lowest BCUT2D eigenvalue weighted by Gasteiger charge is -2.27. The summed E-state index contributed by atoms with van der Waals surface area (Å²) in [5, 5.41) is 8.45. The van der Waals surface area contributed by atoms with E-state index in [1.165, 1.54) is 6.07 Å². The number of allylic oxidation sites excluding steroid dienone is 1. The number of benzene rings is 2. The number of aromatic nitrogens is 3. The molecule has 0 bridgehead atoms. The van der Waals surface area contributed by atoms with E-state index in [0.29, 0.717) is 33.7 Å². The van der Waals surface area contributed by atoms with E-state index in [-0.39, 0.29) is 12.4 Å². The van der Waals surface area contributed by atoms with Crippen molar-refractivity contribution in [2.75, 3.05) is 11.1 Å². The van der Waals surface area contributed by atoms with Gasteiger partial charge in [0, 0.05) is 17.0 Å². The second-order valence-corrected chi connectivity index (χ2v) is 8.81. The van der Waals surface area contributed by atoms with Crippen molar-refractivity contribution >= 4 is 23.6 Å². The van der Waals surface area contributed by atoms with Gasteiger partial charge >= 0.3 is 0 Å². The molecular formula is C24H26FN5O2S. The second kappa shape index (κ2) is 10.1. The molecule has 9 heteroatoms. The number of halogens is 1. The van der Waals surface area contributed by atoms with Crippen molar-refractivity contribution in [3.05, 3.63) is 76.7 Å². The summed E-state index contributed by atoms with van der Waals surface area (Å²) >= 11 is 1.59. The molecule has 0 aliphatic carbocycles. The van der Waals surface area contributed by atoms with Crippen LogP contribution in [-0.4, -0.2) is 26.4 Å². The van der Waals surface area contributed by atoms with Gasteiger partial charge in [-0.15, -0.1) is 5.10 Å². The Bertz CT molecular complexity index is 1180. The first-order chi connectivity index (χ1) is 16.0. The molecule has 33 heavy (non-hydrogen) atoms. The van der Waals surface area contributed by atoms with Crippen LogP contribution in [0.4, 0.5) is 10.3 Å². The summed E-state index contributed by atoms with van der Waals surface area (Å²) < 4.78 is 21.3. The summed E-state index contributed by atoms with van der Waals surface area (Å²) in [4.78, 5) is 16.9. The zero-order chi connectivity index (χ0) is 23.4. The van der Waals surface area contributed by atoms with Crippen LogP contribution in [0.2, 0.25) is 0 Å². The number of amides is 1. The Morgan fingerprint density at radius 3 is 2.70 bits per heavy atom. The van der Waals surface area contributed by atoms with Crippen LogP contribution in [0.15, 0.2) is 65.0 Å². The molecule has 2 heterocycles. The van der Waals surface area contributed by atoms with E-state index >= 15 is 0 Å². The normalized spacial score (nSPS) is 15.2. The molecule has 172 valence electrons. The average molecular weight is 468 g/mol. The molecule has 0 saturated heterocycles. The number of carbonyl (C=O) groups is 1. The van der Waals surface area contributed by atoms with Gasteiger partial charge in [-0.25, -0.2) is 9.07 Å². The fourth-order valence-corrected chi connectivity index (χ4v) is 4.56. The van der Waals surface area contributed by atoms with Crippen molar-refractivity contribution < 1.29 is 13.9 Å². The Kier molecular flexibility index (Phi) is 6.98. The summed E-state index contributed by atoms with van der Waals surface area (Å²) in [6.07, 6.45) is 2.17. The van der Waals surface area contributed by atoms with Crippen LogP contribution in [0.5, 0.6) is 5.75 Å². The Labute approximate surface area is 196 Å². The lowest BCUT2D eigenvalue weighted by atomic mass is 9.95. The summed E-state index contributed by atoms with van der Waals surface area (Å²) in [6.45, 7) is 4.07. The van der Waals surface area contributed by atoms with E-state index in [1.807, 2.05) is 12.1 Å². The zero-order valence-corrected chi connectivity index (χ0v) is 19.4. The van der Waals surface area contributed by atoms with Crippen LogP contribution in [-0.2, 0) is 11.4 Å². The minimum Gasteiger partial charge on any atom is -0.489 e. The van der Waals surface area contributed by atoms with Crippen molar-refractivity contribution in [2.24, 2.45) is 5.73 Å². The van der Waals surface area contributed by atoms with Crippen molar-refractivity contribution in [2.45, 2.75) is 44.5 Å². The summed E-state index contributed by atoms with van der Waals surface area (Å²) in [5.74, 6) is 1.26. The number of fused-ring (bicyclic) bond motifs is 1. The van der Waals surface area contributed by atoms with Gasteiger partial charge in [-0.2, -0.15) is 4.98 Å². The number of unbranched alkanes of at least 4 members (excludes halogenated alkanes) is 1.